The van der Waals surface area contributed by atoms with Gasteiger partial charge in [-0.15, -0.1) is 0 Å². The Bertz CT molecular complexity index is 1040. The summed E-state index contributed by atoms with van der Waals surface area (Å²) in [6, 6.07) is 17.8. The Morgan fingerprint density at radius 2 is 1.78 bits per heavy atom. The predicted molar refractivity (Wildman–Crippen MR) is 108 cm³/mol. The zero-order chi connectivity index (χ0) is 18.9. The van der Waals surface area contributed by atoms with E-state index in [-0.39, 0.29) is 0 Å². The average Bonchev–Trinajstić information content (AvgIpc) is 2.68. The second-order valence-corrected chi connectivity index (χ2v) is 9.28. The molecule has 2 heterocycles. The molecule has 1 aliphatic rings. The van der Waals surface area contributed by atoms with Crippen molar-refractivity contribution in [1.29, 1.82) is 0 Å². The number of fused-ring (bicyclic) bond motifs is 1. The molecule has 0 unspecified atom stereocenters. The molecule has 4 rings (SSSR count). The third kappa shape index (κ3) is 3.75. The Hall–Kier alpha value is -2.24. The SMILES string of the molecule is Cc1cnc2c(S(=O)(=O)N3CCC(Cc4ccccc4)CC3)cccc2c1. The highest BCUT2D eigenvalue weighted by molar-refractivity contribution is 7.89. The van der Waals surface area contributed by atoms with Crippen LogP contribution in [0.3, 0.4) is 0 Å². The molecule has 0 N–H and O–H groups in total. The molecular weight excluding hydrogens is 356 g/mol. The van der Waals surface area contributed by atoms with Gasteiger partial charge in [0.1, 0.15) is 4.90 Å². The minimum absolute atomic E-state index is 0.321. The summed E-state index contributed by atoms with van der Waals surface area (Å²) in [6.07, 6.45) is 4.54. The van der Waals surface area contributed by atoms with Crippen LogP contribution in [-0.4, -0.2) is 30.8 Å². The summed E-state index contributed by atoms with van der Waals surface area (Å²) in [6.45, 7) is 3.11. The average molecular weight is 381 g/mol. The van der Waals surface area contributed by atoms with Gasteiger partial charge in [-0.1, -0.05) is 42.5 Å². The summed E-state index contributed by atoms with van der Waals surface area (Å²) in [5, 5.41) is 0.870. The third-order valence-corrected chi connectivity index (χ3v) is 7.30. The maximum atomic E-state index is 13.2. The van der Waals surface area contributed by atoms with Crippen molar-refractivity contribution < 1.29 is 8.42 Å². The third-order valence-electron chi connectivity index (χ3n) is 5.37. The van der Waals surface area contributed by atoms with Crippen molar-refractivity contribution in [2.75, 3.05) is 13.1 Å². The topological polar surface area (TPSA) is 50.3 Å². The van der Waals surface area contributed by atoms with Gasteiger partial charge in [0.2, 0.25) is 10.0 Å². The van der Waals surface area contributed by atoms with Crippen molar-refractivity contribution in [3.63, 3.8) is 0 Å². The van der Waals surface area contributed by atoms with Crippen LogP contribution in [-0.2, 0) is 16.4 Å². The van der Waals surface area contributed by atoms with Crippen LogP contribution in [0.4, 0.5) is 0 Å². The number of nitrogens with zero attached hydrogens (tertiary/aromatic N) is 2. The minimum atomic E-state index is -3.53. The maximum absolute atomic E-state index is 13.2. The second-order valence-electron chi connectivity index (χ2n) is 7.38. The lowest BCUT2D eigenvalue weighted by Crippen LogP contribution is -2.39. The van der Waals surface area contributed by atoms with E-state index in [1.807, 2.05) is 25.1 Å². The van der Waals surface area contributed by atoms with Crippen molar-refractivity contribution in [3.05, 3.63) is 71.9 Å². The van der Waals surface area contributed by atoms with Gasteiger partial charge in [0.05, 0.1) is 5.52 Å². The fraction of sp³-hybridized carbons (Fsp3) is 0.318. The van der Waals surface area contributed by atoms with E-state index in [0.29, 0.717) is 29.4 Å². The molecule has 4 nitrogen and oxygen atoms in total. The molecule has 1 aromatic heterocycles. The first-order chi connectivity index (χ1) is 13.0. The minimum Gasteiger partial charge on any atom is -0.255 e. The van der Waals surface area contributed by atoms with Gasteiger partial charge in [0.25, 0.3) is 0 Å². The highest BCUT2D eigenvalue weighted by Crippen LogP contribution is 2.29. The first kappa shape index (κ1) is 18.1. The molecule has 0 atom stereocenters. The molecule has 27 heavy (non-hydrogen) atoms. The van der Waals surface area contributed by atoms with E-state index < -0.39 is 10.0 Å². The molecule has 2 aromatic carbocycles. The normalized spacial score (nSPS) is 16.6. The smallest absolute Gasteiger partial charge is 0.245 e. The molecule has 0 radical (unpaired) electrons. The fourth-order valence-electron chi connectivity index (χ4n) is 3.89. The lowest BCUT2D eigenvalue weighted by molar-refractivity contribution is 0.273. The van der Waals surface area contributed by atoms with Crippen LogP contribution in [0.5, 0.6) is 0 Å². The molecule has 0 aliphatic carbocycles. The summed E-state index contributed by atoms with van der Waals surface area (Å²) in [5.41, 5.74) is 2.92. The zero-order valence-corrected chi connectivity index (χ0v) is 16.3. The predicted octanol–water partition coefficient (Wildman–Crippen LogP) is 4.19. The lowest BCUT2D eigenvalue weighted by Gasteiger charge is -2.31. The lowest BCUT2D eigenvalue weighted by atomic mass is 9.91. The van der Waals surface area contributed by atoms with Gasteiger partial charge in [0, 0.05) is 24.7 Å². The maximum Gasteiger partial charge on any atom is 0.245 e. The molecule has 1 aliphatic heterocycles. The van der Waals surface area contributed by atoms with Crippen molar-refractivity contribution in [2.24, 2.45) is 5.92 Å². The Morgan fingerprint density at radius 1 is 1.04 bits per heavy atom. The summed E-state index contributed by atoms with van der Waals surface area (Å²) in [5.74, 6) is 0.534. The number of piperidine rings is 1. The summed E-state index contributed by atoms with van der Waals surface area (Å²) in [4.78, 5) is 4.73. The molecule has 5 heteroatoms. The first-order valence-corrected chi connectivity index (χ1v) is 10.9. The van der Waals surface area contributed by atoms with Crippen LogP contribution in [0.25, 0.3) is 10.9 Å². The van der Waals surface area contributed by atoms with Crippen LogP contribution in [0, 0.1) is 12.8 Å². The van der Waals surface area contributed by atoms with E-state index in [1.54, 1.807) is 22.6 Å². The second kappa shape index (κ2) is 7.41. The number of hydrogen-bond donors (Lipinski definition) is 0. The van der Waals surface area contributed by atoms with E-state index in [2.05, 4.69) is 29.2 Å². The monoisotopic (exact) mass is 380 g/mol. The highest BCUT2D eigenvalue weighted by Gasteiger charge is 2.30. The van der Waals surface area contributed by atoms with Gasteiger partial charge in [-0.25, -0.2) is 8.42 Å². The highest BCUT2D eigenvalue weighted by atomic mass is 32.2. The molecular formula is C22H24N2O2S. The van der Waals surface area contributed by atoms with E-state index in [9.17, 15) is 8.42 Å². The quantitative estimate of drug-likeness (QED) is 0.682. The molecule has 0 bridgehead atoms. The Labute approximate surface area is 160 Å². The van der Waals surface area contributed by atoms with Crippen molar-refractivity contribution >= 4 is 20.9 Å². The van der Waals surface area contributed by atoms with Gasteiger partial charge in [-0.3, -0.25) is 4.98 Å². The molecule has 1 saturated heterocycles. The van der Waals surface area contributed by atoms with E-state index in [4.69, 9.17) is 0 Å². The Kier molecular flexibility index (Phi) is 4.98. The number of aromatic nitrogens is 1. The molecule has 3 aromatic rings. The number of sulfonamides is 1. The summed E-state index contributed by atoms with van der Waals surface area (Å²) < 4.78 is 28.1. The summed E-state index contributed by atoms with van der Waals surface area (Å²) in [7, 11) is -3.53. The van der Waals surface area contributed by atoms with Gasteiger partial charge < -0.3 is 0 Å². The standard InChI is InChI=1S/C22H24N2O2S/c1-17-14-20-8-5-9-21(22(20)23-16-17)27(25,26)24-12-10-19(11-13-24)15-18-6-3-2-4-7-18/h2-9,14,16,19H,10-13,15H2,1H3. The van der Waals surface area contributed by atoms with Crippen LogP contribution < -0.4 is 0 Å². The van der Waals surface area contributed by atoms with E-state index in [0.717, 1.165) is 30.2 Å². The van der Waals surface area contributed by atoms with Crippen molar-refractivity contribution in [3.8, 4) is 0 Å². The van der Waals surface area contributed by atoms with Gasteiger partial charge in [-0.05, 0) is 55.4 Å². The van der Waals surface area contributed by atoms with Crippen LogP contribution in [0.2, 0.25) is 0 Å². The number of para-hydroxylation sites is 1. The van der Waals surface area contributed by atoms with Gasteiger partial charge in [0.15, 0.2) is 0 Å². The zero-order valence-electron chi connectivity index (χ0n) is 15.5. The van der Waals surface area contributed by atoms with Crippen LogP contribution >= 0.6 is 0 Å². The van der Waals surface area contributed by atoms with E-state index in [1.165, 1.54) is 5.56 Å². The summed E-state index contributed by atoms with van der Waals surface area (Å²) >= 11 is 0. The van der Waals surface area contributed by atoms with Crippen molar-refractivity contribution in [1.82, 2.24) is 9.29 Å². The first-order valence-electron chi connectivity index (χ1n) is 9.43. The molecule has 0 saturated carbocycles. The molecule has 140 valence electrons. The molecule has 1 fully saturated rings. The molecule has 0 amide bonds. The largest absolute Gasteiger partial charge is 0.255 e. The number of pyridine rings is 1. The fourth-order valence-corrected chi connectivity index (χ4v) is 5.53. The number of rotatable bonds is 4. The number of benzene rings is 2. The van der Waals surface area contributed by atoms with Gasteiger partial charge >= 0.3 is 0 Å². The van der Waals surface area contributed by atoms with Crippen LogP contribution in [0.1, 0.15) is 24.0 Å². The van der Waals surface area contributed by atoms with Gasteiger partial charge in [-0.2, -0.15) is 4.31 Å². The van der Waals surface area contributed by atoms with Crippen molar-refractivity contribution in [2.45, 2.75) is 31.1 Å². The van der Waals surface area contributed by atoms with E-state index >= 15 is 0 Å². The van der Waals surface area contributed by atoms with Crippen LogP contribution in [0.15, 0.2) is 65.7 Å². The number of hydrogen-bond acceptors (Lipinski definition) is 3. The Balaban J connectivity index is 1.52. The molecule has 0 spiro atoms. The Morgan fingerprint density at radius 3 is 2.52 bits per heavy atom. The number of aryl methyl sites for hydroxylation is 1.